The van der Waals surface area contributed by atoms with Gasteiger partial charge >= 0.3 is 5.97 Å². The Kier molecular flexibility index (Phi) is 6.71. The number of rotatable bonds is 6. The number of methoxy groups -OCH3 is 1. The summed E-state index contributed by atoms with van der Waals surface area (Å²) in [6, 6.07) is 13.1. The average molecular weight is 368 g/mol. The Balaban J connectivity index is 2.19. The molecule has 0 radical (unpaired) electrons. The number of aryl methyl sites for hydroxylation is 1. The third-order valence-corrected chi connectivity index (χ3v) is 4.19. The highest BCUT2D eigenvalue weighted by Crippen LogP contribution is 2.18. The molecule has 2 amide bonds. The first-order valence-corrected chi connectivity index (χ1v) is 8.69. The fourth-order valence-corrected chi connectivity index (χ4v) is 2.53. The van der Waals surface area contributed by atoms with Gasteiger partial charge < -0.3 is 15.4 Å². The number of esters is 1. The van der Waals surface area contributed by atoms with Gasteiger partial charge in [-0.2, -0.15) is 0 Å². The van der Waals surface area contributed by atoms with Crippen molar-refractivity contribution < 1.29 is 19.1 Å². The molecule has 0 aromatic heterocycles. The van der Waals surface area contributed by atoms with Crippen LogP contribution < -0.4 is 10.6 Å². The van der Waals surface area contributed by atoms with Gasteiger partial charge in [-0.25, -0.2) is 4.79 Å². The molecule has 2 aromatic rings. The molecule has 0 aliphatic heterocycles. The molecule has 0 heterocycles. The van der Waals surface area contributed by atoms with E-state index in [-0.39, 0.29) is 11.8 Å². The van der Waals surface area contributed by atoms with Crippen molar-refractivity contribution in [1.29, 1.82) is 0 Å². The standard InChI is InChI=1S/C21H24N2O4/c1-13(2)18(21(26)27-4)23-20(25)16-11-10-14(3)17(12-16)22-19(24)15-8-6-5-7-9-15/h5-13,18H,1-4H3,(H,22,24)(H,23,25). The number of hydrogen-bond acceptors (Lipinski definition) is 4. The van der Waals surface area contributed by atoms with Gasteiger partial charge in [0.2, 0.25) is 0 Å². The minimum Gasteiger partial charge on any atom is -0.467 e. The van der Waals surface area contributed by atoms with Crippen LogP contribution in [0.1, 0.15) is 40.1 Å². The van der Waals surface area contributed by atoms with Crippen molar-refractivity contribution in [3.63, 3.8) is 0 Å². The van der Waals surface area contributed by atoms with Crippen molar-refractivity contribution in [2.75, 3.05) is 12.4 Å². The molecule has 1 unspecified atom stereocenters. The van der Waals surface area contributed by atoms with E-state index in [4.69, 9.17) is 4.74 Å². The van der Waals surface area contributed by atoms with E-state index in [1.54, 1.807) is 42.5 Å². The average Bonchev–Trinajstić information content (AvgIpc) is 2.67. The molecule has 2 aromatic carbocycles. The molecular weight excluding hydrogens is 344 g/mol. The Bertz CT molecular complexity index is 831. The highest BCUT2D eigenvalue weighted by Gasteiger charge is 2.25. The summed E-state index contributed by atoms with van der Waals surface area (Å²) in [6.45, 7) is 5.48. The van der Waals surface area contributed by atoms with Gasteiger partial charge in [0.1, 0.15) is 6.04 Å². The van der Waals surface area contributed by atoms with Crippen molar-refractivity contribution in [1.82, 2.24) is 5.32 Å². The molecule has 2 N–H and O–H groups in total. The fraction of sp³-hybridized carbons (Fsp3) is 0.286. The number of amides is 2. The molecule has 0 saturated carbocycles. The van der Waals surface area contributed by atoms with E-state index in [9.17, 15) is 14.4 Å². The van der Waals surface area contributed by atoms with Crippen LogP contribution in [0.3, 0.4) is 0 Å². The van der Waals surface area contributed by atoms with Gasteiger partial charge in [-0.1, -0.05) is 38.1 Å². The molecule has 0 aliphatic rings. The predicted molar refractivity (Wildman–Crippen MR) is 104 cm³/mol. The van der Waals surface area contributed by atoms with Crippen LogP contribution in [0.4, 0.5) is 5.69 Å². The Morgan fingerprint density at radius 3 is 2.19 bits per heavy atom. The van der Waals surface area contributed by atoms with Gasteiger partial charge in [-0.3, -0.25) is 9.59 Å². The number of carbonyl (C=O) groups is 3. The van der Waals surface area contributed by atoms with Crippen LogP contribution >= 0.6 is 0 Å². The third kappa shape index (κ3) is 5.17. The van der Waals surface area contributed by atoms with E-state index in [0.29, 0.717) is 16.8 Å². The molecular formula is C21H24N2O4. The maximum atomic E-state index is 12.6. The zero-order chi connectivity index (χ0) is 20.0. The van der Waals surface area contributed by atoms with Crippen molar-refractivity contribution in [2.24, 2.45) is 5.92 Å². The van der Waals surface area contributed by atoms with E-state index in [1.165, 1.54) is 7.11 Å². The molecule has 0 spiro atoms. The lowest BCUT2D eigenvalue weighted by molar-refractivity contribution is -0.144. The van der Waals surface area contributed by atoms with E-state index >= 15 is 0 Å². The summed E-state index contributed by atoms with van der Waals surface area (Å²) >= 11 is 0. The summed E-state index contributed by atoms with van der Waals surface area (Å²) in [5, 5.41) is 5.51. The monoisotopic (exact) mass is 368 g/mol. The van der Waals surface area contributed by atoms with Gasteiger partial charge in [0, 0.05) is 16.8 Å². The van der Waals surface area contributed by atoms with E-state index in [1.807, 2.05) is 26.8 Å². The Morgan fingerprint density at radius 2 is 1.59 bits per heavy atom. The topological polar surface area (TPSA) is 84.5 Å². The minimum absolute atomic E-state index is 0.121. The molecule has 0 saturated heterocycles. The minimum atomic E-state index is -0.744. The Hall–Kier alpha value is -3.15. The van der Waals surface area contributed by atoms with Crippen molar-refractivity contribution in [3.8, 4) is 0 Å². The summed E-state index contributed by atoms with van der Waals surface area (Å²) < 4.78 is 4.74. The van der Waals surface area contributed by atoms with Crippen molar-refractivity contribution >= 4 is 23.5 Å². The van der Waals surface area contributed by atoms with Gasteiger partial charge in [0.25, 0.3) is 11.8 Å². The summed E-state index contributed by atoms with van der Waals surface area (Å²) in [7, 11) is 1.28. The summed E-state index contributed by atoms with van der Waals surface area (Å²) in [5.74, 6) is -1.28. The van der Waals surface area contributed by atoms with Crippen molar-refractivity contribution in [3.05, 3.63) is 65.2 Å². The quantitative estimate of drug-likeness (QED) is 0.767. The second-order valence-electron chi connectivity index (χ2n) is 6.57. The van der Waals surface area contributed by atoms with Gasteiger partial charge in [-0.15, -0.1) is 0 Å². The number of benzene rings is 2. The van der Waals surface area contributed by atoms with Gasteiger partial charge in [0.15, 0.2) is 0 Å². The first-order chi connectivity index (χ1) is 12.8. The van der Waals surface area contributed by atoms with E-state index in [2.05, 4.69) is 10.6 Å². The van der Waals surface area contributed by atoms with Crippen LogP contribution in [0.25, 0.3) is 0 Å². The summed E-state index contributed by atoms with van der Waals surface area (Å²) in [4.78, 5) is 36.8. The number of ether oxygens (including phenoxy) is 1. The van der Waals surface area contributed by atoms with Gasteiger partial charge in [-0.05, 0) is 42.7 Å². The largest absolute Gasteiger partial charge is 0.467 e. The molecule has 27 heavy (non-hydrogen) atoms. The van der Waals surface area contributed by atoms with Crippen LogP contribution in [0, 0.1) is 12.8 Å². The van der Waals surface area contributed by atoms with Crippen molar-refractivity contribution in [2.45, 2.75) is 26.8 Å². The first-order valence-electron chi connectivity index (χ1n) is 8.69. The second kappa shape index (κ2) is 8.98. The molecule has 6 heteroatoms. The molecule has 142 valence electrons. The summed E-state index contributed by atoms with van der Waals surface area (Å²) in [5.41, 5.74) is 2.23. The zero-order valence-electron chi connectivity index (χ0n) is 15.9. The molecule has 1 atom stereocenters. The Labute approximate surface area is 158 Å². The van der Waals surface area contributed by atoms with Gasteiger partial charge in [0.05, 0.1) is 7.11 Å². The lowest BCUT2D eigenvalue weighted by Crippen LogP contribution is -2.45. The highest BCUT2D eigenvalue weighted by atomic mass is 16.5. The van der Waals surface area contributed by atoms with Crippen LogP contribution in [-0.2, 0) is 9.53 Å². The number of anilines is 1. The SMILES string of the molecule is COC(=O)C(NC(=O)c1ccc(C)c(NC(=O)c2ccccc2)c1)C(C)C. The van der Waals surface area contributed by atoms with Crippen LogP contribution in [-0.4, -0.2) is 30.9 Å². The molecule has 2 rings (SSSR count). The third-order valence-electron chi connectivity index (χ3n) is 4.19. The number of carbonyl (C=O) groups excluding carboxylic acids is 3. The van der Waals surface area contributed by atoms with Crippen LogP contribution in [0.2, 0.25) is 0 Å². The zero-order valence-corrected chi connectivity index (χ0v) is 15.9. The first kappa shape index (κ1) is 20.2. The maximum Gasteiger partial charge on any atom is 0.328 e. The lowest BCUT2D eigenvalue weighted by atomic mass is 10.0. The van der Waals surface area contributed by atoms with E-state index < -0.39 is 17.9 Å². The molecule has 0 aliphatic carbocycles. The highest BCUT2D eigenvalue weighted by molar-refractivity contribution is 6.05. The fourth-order valence-electron chi connectivity index (χ4n) is 2.53. The number of hydrogen-bond donors (Lipinski definition) is 2. The molecule has 0 fully saturated rings. The maximum absolute atomic E-state index is 12.6. The van der Waals surface area contributed by atoms with E-state index in [0.717, 1.165) is 5.56 Å². The summed E-state index contributed by atoms with van der Waals surface area (Å²) in [6.07, 6.45) is 0. The lowest BCUT2D eigenvalue weighted by Gasteiger charge is -2.20. The number of nitrogens with one attached hydrogen (secondary N) is 2. The molecule has 6 nitrogen and oxygen atoms in total. The second-order valence-corrected chi connectivity index (χ2v) is 6.57. The normalized spacial score (nSPS) is 11.6. The smallest absolute Gasteiger partial charge is 0.328 e. The van der Waals surface area contributed by atoms with Crippen LogP contribution in [0.5, 0.6) is 0 Å². The van der Waals surface area contributed by atoms with Crippen LogP contribution in [0.15, 0.2) is 48.5 Å². The predicted octanol–water partition coefficient (Wildman–Crippen LogP) is 3.17. The Morgan fingerprint density at radius 1 is 0.926 bits per heavy atom. The molecule has 0 bridgehead atoms.